The van der Waals surface area contributed by atoms with Crippen LogP contribution in [-0.4, -0.2) is 21.9 Å². The van der Waals surface area contributed by atoms with E-state index in [0.717, 1.165) is 36.2 Å². The lowest BCUT2D eigenvalue weighted by molar-refractivity contribution is 0.0579. The highest BCUT2D eigenvalue weighted by atomic mass is 16.3. The van der Waals surface area contributed by atoms with Gasteiger partial charge in [-0.05, 0) is 55.7 Å². The molecule has 140 valence electrons. The summed E-state index contributed by atoms with van der Waals surface area (Å²) in [5.41, 5.74) is 3.52. The van der Waals surface area contributed by atoms with Gasteiger partial charge in [0.2, 0.25) is 0 Å². The number of carbonyl (C=O) groups excluding carboxylic acids is 1. The molecule has 27 heavy (non-hydrogen) atoms. The Morgan fingerprint density at radius 1 is 1.19 bits per heavy atom. The quantitative estimate of drug-likeness (QED) is 0.700. The molecular weight excluding hydrogens is 340 g/mol. The van der Waals surface area contributed by atoms with Crippen molar-refractivity contribution < 1.29 is 9.21 Å². The van der Waals surface area contributed by atoms with Gasteiger partial charge in [0, 0.05) is 31.0 Å². The highest BCUT2D eigenvalue weighted by Crippen LogP contribution is 2.31. The number of rotatable bonds is 3. The van der Waals surface area contributed by atoms with Crippen molar-refractivity contribution in [3.63, 3.8) is 0 Å². The first kappa shape index (κ1) is 17.6. The number of amides is 1. The highest BCUT2D eigenvalue weighted by molar-refractivity contribution is 5.93. The summed E-state index contributed by atoms with van der Waals surface area (Å²) in [5.74, 6) is -0.0880. The topological polar surface area (TPSA) is 55.5 Å². The Labute approximate surface area is 158 Å². The second kappa shape index (κ2) is 6.72. The molecule has 0 spiro atoms. The fraction of sp³-hybridized carbons (Fsp3) is 0.364. The Morgan fingerprint density at radius 2 is 1.96 bits per heavy atom. The summed E-state index contributed by atoms with van der Waals surface area (Å²) in [5, 5.41) is 0.521. The Kier molecular flexibility index (Phi) is 4.38. The average Bonchev–Trinajstić information content (AvgIpc) is 3.12. The SMILES string of the molecule is CCC[C@@H]1c2cccn2CCN1C(=O)c1cc(=O)c2cc(C)c(C)cc2o1. The van der Waals surface area contributed by atoms with Crippen LogP contribution >= 0.6 is 0 Å². The van der Waals surface area contributed by atoms with E-state index in [1.807, 2.05) is 36.9 Å². The van der Waals surface area contributed by atoms with E-state index in [-0.39, 0.29) is 23.1 Å². The summed E-state index contributed by atoms with van der Waals surface area (Å²) < 4.78 is 8.09. The van der Waals surface area contributed by atoms with Gasteiger partial charge in [0.25, 0.3) is 5.91 Å². The van der Waals surface area contributed by atoms with Crippen molar-refractivity contribution in [3.05, 3.63) is 69.3 Å². The van der Waals surface area contributed by atoms with Gasteiger partial charge in [0.1, 0.15) is 5.58 Å². The van der Waals surface area contributed by atoms with E-state index >= 15 is 0 Å². The smallest absolute Gasteiger partial charge is 0.290 e. The molecule has 1 aliphatic heterocycles. The summed E-state index contributed by atoms with van der Waals surface area (Å²) in [6.45, 7) is 7.42. The van der Waals surface area contributed by atoms with Crippen molar-refractivity contribution in [3.8, 4) is 0 Å². The monoisotopic (exact) mass is 364 g/mol. The van der Waals surface area contributed by atoms with Gasteiger partial charge < -0.3 is 13.9 Å². The zero-order valence-corrected chi connectivity index (χ0v) is 16.0. The molecule has 0 radical (unpaired) electrons. The maximum absolute atomic E-state index is 13.2. The molecule has 0 N–H and O–H groups in total. The van der Waals surface area contributed by atoms with Gasteiger partial charge in [-0.1, -0.05) is 13.3 Å². The Hall–Kier alpha value is -2.82. The Bertz CT molecular complexity index is 1080. The van der Waals surface area contributed by atoms with Crippen molar-refractivity contribution in [1.29, 1.82) is 0 Å². The number of aromatic nitrogens is 1. The number of aryl methyl sites for hydroxylation is 2. The lowest BCUT2D eigenvalue weighted by Crippen LogP contribution is -2.42. The minimum Gasteiger partial charge on any atom is -0.451 e. The van der Waals surface area contributed by atoms with Crippen LogP contribution < -0.4 is 5.43 Å². The molecule has 5 heteroatoms. The van der Waals surface area contributed by atoms with E-state index in [0.29, 0.717) is 17.5 Å². The maximum Gasteiger partial charge on any atom is 0.290 e. The van der Waals surface area contributed by atoms with Crippen LogP contribution in [0, 0.1) is 13.8 Å². The Morgan fingerprint density at radius 3 is 2.74 bits per heavy atom. The molecule has 3 aromatic rings. The summed E-state index contributed by atoms with van der Waals surface area (Å²) in [7, 11) is 0. The molecule has 1 amide bonds. The van der Waals surface area contributed by atoms with Crippen molar-refractivity contribution in [2.24, 2.45) is 0 Å². The third-order valence-electron chi connectivity index (χ3n) is 5.54. The molecule has 0 aliphatic carbocycles. The first-order chi connectivity index (χ1) is 13.0. The molecule has 4 rings (SSSR count). The van der Waals surface area contributed by atoms with Crippen LogP contribution in [0.4, 0.5) is 0 Å². The fourth-order valence-corrected chi connectivity index (χ4v) is 3.94. The molecule has 3 heterocycles. The molecule has 1 aliphatic rings. The van der Waals surface area contributed by atoms with Crippen LogP contribution in [0.15, 0.2) is 45.7 Å². The second-order valence-electron chi connectivity index (χ2n) is 7.34. The van der Waals surface area contributed by atoms with Crippen LogP contribution in [-0.2, 0) is 6.54 Å². The number of fused-ring (bicyclic) bond motifs is 2. The molecule has 0 saturated carbocycles. The van der Waals surface area contributed by atoms with Gasteiger partial charge in [-0.2, -0.15) is 0 Å². The highest BCUT2D eigenvalue weighted by Gasteiger charge is 2.32. The van der Waals surface area contributed by atoms with Gasteiger partial charge in [-0.15, -0.1) is 0 Å². The zero-order valence-electron chi connectivity index (χ0n) is 16.0. The fourth-order valence-electron chi connectivity index (χ4n) is 3.94. The van der Waals surface area contributed by atoms with Crippen LogP contribution in [0.1, 0.15) is 53.2 Å². The standard InChI is InChI=1S/C22H24N2O3/c1-4-6-18-17-7-5-8-23(17)9-10-24(18)22(26)21-13-19(25)16-11-14(2)15(3)12-20(16)27-21/h5,7-8,11-13,18H,4,6,9-10H2,1-3H3/t18-/m1/s1. The Balaban J connectivity index is 1.76. The lowest BCUT2D eigenvalue weighted by Gasteiger charge is -2.36. The number of nitrogens with zero attached hydrogens (tertiary/aromatic N) is 2. The summed E-state index contributed by atoms with van der Waals surface area (Å²) in [6.07, 6.45) is 3.91. The molecule has 5 nitrogen and oxygen atoms in total. The van der Waals surface area contributed by atoms with Crippen LogP contribution in [0.3, 0.4) is 0 Å². The molecule has 0 fully saturated rings. The van der Waals surface area contributed by atoms with E-state index in [9.17, 15) is 9.59 Å². The van der Waals surface area contributed by atoms with Gasteiger partial charge in [0.15, 0.2) is 11.2 Å². The first-order valence-electron chi connectivity index (χ1n) is 9.50. The molecule has 0 unspecified atom stereocenters. The molecule has 2 aromatic heterocycles. The van der Waals surface area contributed by atoms with Crippen molar-refractivity contribution in [2.75, 3.05) is 6.54 Å². The van der Waals surface area contributed by atoms with Crippen LogP contribution in [0.5, 0.6) is 0 Å². The van der Waals surface area contributed by atoms with Crippen LogP contribution in [0.2, 0.25) is 0 Å². The summed E-state index contributed by atoms with van der Waals surface area (Å²) >= 11 is 0. The van der Waals surface area contributed by atoms with Crippen molar-refractivity contribution in [2.45, 2.75) is 46.2 Å². The molecule has 1 atom stereocenters. The third kappa shape index (κ3) is 2.97. The average molecular weight is 364 g/mol. The predicted molar refractivity (Wildman–Crippen MR) is 105 cm³/mol. The lowest BCUT2D eigenvalue weighted by atomic mass is 10.0. The predicted octanol–water partition coefficient (Wildman–Crippen LogP) is 4.21. The number of hydrogen-bond donors (Lipinski definition) is 0. The third-order valence-corrected chi connectivity index (χ3v) is 5.54. The van der Waals surface area contributed by atoms with E-state index in [2.05, 4.69) is 23.8 Å². The van der Waals surface area contributed by atoms with Gasteiger partial charge in [0.05, 0.1) is 11.4 Å². The number of carbonyl (C=O) groups is 1. The van der Waals surface area contributed by atoms with Crippen LogP contribution in [0.25, 0.3) is 11.0 Å². The summed E-state index contributed by atoms with van der Waals surface area (Å²) in [4.78, 5) is 27.7. The van der Waals surface area contributed by atoms with Crippen molar-refractivity contribution in [1.82, 2.24) is 9.47 Å². The first-order valence-corrected chi connectivity index (χ1v) is 9.50. The number of benzene rings is 1. The summed E-state index contributed by atoms with van der Waals surface area (Å²) in [6, 6.07) is 9.12. The zero-order chi connectivity index (χ0) is 19.1. The number of hydrogen-bond acceptors (Lipinski definition) is 3. The van der Waals surface area contributed by atoms with Gasteiger partial charge >= 0.3 is 0 Å². The normalized spacial score (nSPS) is 16.6. The van der Waals surface area contributed by atoms with Gasteiger partial charge in [-0.25, -0.2) is 0 Å². The molecular formula is C22H24N2O3. The molecule has 1 aromatic carbocycles. The largest absolute Gasteiger partial charge is 0.451 e. The van der Waals surface area contributed by atoms with E-state index in [1.54, 1.807) is 0 Å². The van der Waals surface area contributed by atoms with E-state index < -0.39 is 0 Å². The minimum atomic E-state index is -0.210. The van der Waals surface area contributed by atoms with E-state index in [4.69, 9.17) is 4.42 Å². The molecule has 0 bridgehead atoms. The molecule has 0 saturated heterocycles. The van der Waals surface area contributed by atoms with Gasteiger partial charge in [-0.3, -0.25) is 9.59 Å². The minimum absolute atomic E-state index is 0.00648. The van der Waals surface area contributed by atoms with Crippen molar-refractivity contribution >= 4 is 16.9 Å². The van der Waals surface area contributed by atoms with E-state index in [1.165, 1.54) is 6.07 Å². The maximum atomic E-state index is 13.2. The second-order valence-corrected chi connectivity index (χ2v) is 7.34.